The van der Waals surface area contributed by atoms with Gasteiger partial charge in [-0.2, -0.15) is 0 Å². The molecule has 2 aromatic carbocycles. The Hall–Kier alpha value is -1.16. The molecule has 0 saturated carbocycles. The van der Waals surface area contributed by atoms with Gasteiger partial charge in [0.1, 0.15) is 0 Å². The molecule has 0 amide bonds. The number of para-hydroxylation sites is 1. The minimum atomic E-state index is 0.342. The van der Waals surface area contributed by atoms with Gasteiger partial charge in [0.25, 0.3) is 0 Å². The number of halogens is 1. The van der Waals surface area contributed by atoms with Crippen LogP contribution in [0, 0.1) is 0 Å². The first-order valence-corrected chi connectivity index (χ1v) is 8.22. The summed E-state index contributed by atoms with van der Waals surface area (Å²) >= 11 is 8.34. The molecular weight excluding hydrogens is 288 g/mol. The number of rotatable bonds is 1. The summed E-state index contributed by atoms with van der Waals surface area (Å²) in [5.74, 6) is 1.09. The van der Waals surface area contributed by atoms with E-state index in [9.17, 15) is 0 Å². The standard InChI is InChI=1S/C16H15ClN2S/c17-13-7-3-2-6-12(13)16-19-9-11-5-1-4-8-14(11)18-15(19)10-20-16/h1-8,15-16,18H,9-10H2/t15-,16+/m1/s1. The SMILES string of the molecule is Clc1ccccc1[C@@H]1SC[C@@H]2Nc3ccccc3CN21. The minimum Gasteiger partial charge on any atom is -0.369 e. The summed E-state index contributed by atoms with van der Waals surface area (Å²) in [7, 11) is 0. The van der Waals surface area contributed by atoms with E-state index in [4.69, 9.17) is 11.6 Å². The molecule has 0 aromatic heterocycles. The van der Waals surface area contributed by atoms with Crippen molar-refractivity contribution >= 4 is 29.1 Å². The molecular formula is C16H15ClN2S. The zero-order valence-corrected chi connectivity index (χ0v) is 12.5. The van der Waals surface area contributed by atoms with Gasteiger partial charge in [0, 0.05) is 23.0 Å². The third-order valence-corrected chi connectivity index (χ3v) is 5.67. The van der Waals surface area contributed by atoms with Crippen LogP contribution >= 0.6 is 23.4 Å². The van der Waals surface area contributed by atoms with Gasteiger partial charge in [0.05, 0.1) is 11.5 Å². The van der Waals surface area contributed by atoms with Crippen molar-refractivity contribution in [3.05, 3.63) is 64.7 Å². The fourth-order valence-electron chi connectivity index (χ4n) is 2.97. The summed E-state index contributed by atoms with van der Waals surface area (Å²) in [5, 5.41) is 4.85. The van der Waals surface area contributed by atoms with Crippen LogP contribution in [0.5, 0.6) is 0 Å². The number of nitrogens with one attached hydrogen (secondary N) is 1. The minimum absolute atomic E-state index is 0.342. The number of hydrogen-bond acceptors (Lipinski definition) is 3. The number of anilines is 1. The van der Waals surface area contributed by atoms with Crippen molar-refractivity contribution in [2.24, 2.45) is 0 Å². The Labute approximate surface area is 128 Å². The molecule has 102 valence electrons. The fourth-order valence-corrected chi connectivity index (χ4v) is 4.72. The van der Waals surface area contributed by atoms with Gasteiger partial charge in [-0.25, -0.2) is 0 Å². The molecule has 0 spiro atoms. The first-order chi connectivity index (χ1) is 9.83. The predicted octanol–water partition coefficient (Wildman–Crippen LogP) is 4.34. The van der Waals surface area contributed by atoms with Gasteiger partial charge < -0.3 is 5.32 Å². The number of nitrogens with zero attached hydrogens (tertiary/aromatic N) is 1. The maximum absolute atomic E-state index is 6.38. The molecule has 2 aliphatic rings. The molecule has 2 aliphatic heterocycles. The highest BCUT2D eigenvalue weighted by Crippen LogP contribution is 2.46. The number of fused-ring (bicyclic) bond motifs is 2. The average Bonchev–Trinajstić information content (AvgIpc) is 2.88. The monoisotopic (exact) mass is 302 g/mol. The summed E-state index contributed by atoms with van der Waals surface area (Å²) in [4.78, 5) is 2.51. The van der Waals surface area contributed by atoms with Crippen LogP contribution in [0.3, 0.4) is 0 Å². The lowest BCUT2D eigenvalue weighted by Gasteiger charge is -2.35. The third kappa shape index (κ3) is 2.01. The Bertz CT molecular complexity index is 646. The molecule has 0 radical (unpaired) electrons. The summed E-state index contributed by atoms with van der Waals surface area (Å²) in [6.07, 6.45) is 0.399. The van der Waals surface area contributed by atoms with Gasteiger partial charge in [-0.05, 0) is 23.3 Å². The van der Waals surface area contributed by atoms with Gasteiger partial charge in [-0.15, -0.1) is 11.8 Å². The smallest absolute Gasteiger partial charge is 0.0901 e. The Balaban J connectivity index is 1.69. The molecule has 1 saturated heterocycles. The maximum atomic E-state index is 6.38. The summed E-state index contributed by atoms with van der Waals surface area (Å²) < 4.78 is 0. The highest BCUT2D eigenvalue weighted by Gasteiger charge is 2.38. The quantitative estimate of drug-likeness (QED) is 0.843. The second kappa shape index (κ2) is 4.99. The van der Waals surface area contributed by atoms with Crippen LogP contribution in [0.25, 0.3) is 0 Å². The number of hydrogen-bond donors (Lipinski definition) is 1. The average molecular weight is 303 g/mol. The van der Waals surface area contributed by atoms with Crippen molar-refractivity contribution in [1.82, 2.24) is 4.90 Å². The van der Waals surface area contributed by atoms with Gasteiger partial charge >= 0.3 is 0 Å². The summed E-state index contributed by atoms with van der Waals surface area (Å²) in [6.45, 7) is 0.983. The summed E-state index contributed by atoms with van der Waals surface area (Å²) in [6, 6.07) is 16.8. The topological polar surface area (TPSA) is 15.3 Å². The number of benzene rings is 2. The Morgan fingerprint density at radius 2 is 1.90 bits per heavy atom. The van der Waals surface area contributed by atoms with Gasteiger partial charge in [0.2, 0.25) is 0 Å². The molecule has 0 unspecified atom stereocenters. The Morgan fingerprint density at radius 3 is 2.80 bits per heavy atom. The van der Waals surface area contributed by atoms with Gasteiger partial charge in [0.15, 0.2) is 0 Å². The van der Waals surface area contributed by atoms with E-state index in [0.717, 1.165) is 17.3 Å². The molecule has 2 atom stereocenters. The number of thioether (sulfide) groups is 1. The lowest BCUT2D eigenvalue weighted by molar-refractivity contribution is 0.214. The summed E-state index contributed by atoms with van der Waals surface area (Å²) in [5.41, 5.74) is 3.86. The van der Waals surface area contributed by atoms with E-state index in [0.29, 0.717) is 11.5 Å². The van der Waals surface area contributed by atoms with Crippen molar-refractivity contribution in [3.8, 4) is 0 Å². The first-order valence-electron chi connectivity index (χ1n) is 6.79. The zero-order chi connectivity index (χ0) is 13.5. The molecule has 2 aromatic rings. The second-order valence-electron chi connectivity index (χ2n) is 5.20. The van der Waals surface area contributed by atoms with Crippen LogP contribution in [0.15, 0.2) is 48.5 Å². The molecule has 2 heterocycles. The molecule has 0 aliphatic carbocycles. The molecule has 20 heavy (non-hydrogen) atoms. The van der Waals surface area contributed by atoms with Gasteiger partial charge in [-0.3, -0.25) is 4.90 Å². The van der Waals surface area contributed by atoms with Crippen LogP contribution in [0.2, 0.25) is 5.02 Å². The van der Waals surface area contributed by atoms with Crippen molar-refractivity contribution in [2.45, 2.75) is 18.1 Å². The van der Waals surface area contributed by atoms with Crippen LogP contribution in [0.1, 0.15) is 16.5 Å². The van der Waals surface area contributed by atoms with Crippen molar-refractivity contribution in [3.63, 3.8) is 0 Å². The second-order valence-corrected chi connectivity index (χ2v) is 6.72. The normalized spacial score (nSPS) is 24.9. The zero-order valence-electron chi connectivity index (χ0n) is 10.9. The van der Waals surface area contributed by atoms with E-state index in [-0.39, 0.29) is 0 Å². The van der Waals surface area contributed by atoms with E-state index in [1.54, 1.807) is 0 Å². The predicted molar refractivity (Wildman–Crippen MR) is 86.0 cm³/mol. The van der Waals surface area contributed by atoms with E-state index < -0.39 is 0 Å². The Kier molecular flexibility index (Phi) is 3.14. The van der Waals surface area contributed by atoms with E-state index >= 15 is 0 Å². The third-order valence-electron chi connectivity index (χ3n) is 3.98. The van der Waals surface area contributed by atoms with Crippen LogP contribution in [-0.2, 0) is 6.54 Å². The molecule has 4 rings (SSSR count). The van der Waals surface area contributed by atoms with Crippen LogP contribution in [-0.4, -0.2) is 16.8 Å². The molecule has 0 bridgehead atoms. The highest BCUT2D eigenvalue weighted by molar-refractivity contribution is 7.99. The van der Waals surface area contributed by atoms with Crippen molar-refractivity contribution < 1.29 is 0 Å². The Morgan fingerprint density at radius 1 is 1.10 bits per heavy atom. The maximum Gasteiger partial charge on any atom is 0.0901 e. The first kappa shape index (κ1) is 12.6. The van der Waals surface area contributed by atoms with Crippen molar-refractivity contribution in [2.75, 3.05) is 11.1 Å². The molecule has 1 fully saturated rings. The van der Waals surface area contributed by atoms with Gasteiger partial charge in [-0.1, -0.05) is 48.0 Å². The van der Waals surface area contributed by atoms with Crippen LogP contribution < -0.4 is 5.32 Å². The fraction of sp³-hybridized carbons (Fsp3) is 0.250. The highest BCUT2D eigenvalue weighted by atomic mass is 35.5. The van der Waals surface area contributed by atoms with E-state index in [2.05, 4.69) is 46.6 Å². The van der Waals surface area contributed by atoms with Crippen LogP contribution in [0.4, 0.5) is 5.69 Å². The van der Waals surface area contributed by atoms with E-state index in [1.165, 1.54) is 16.8 Å². The lowest BCUT2D eigenvalue weighted by Crippen LogP contribution is -2.41. The molecule has 4 heteroatoms. The molecule has 1 N–H and O–H groups in total. The van der Waals surface area contributed by atoms with Crippen molar-refractivity contribution in [1.29, 1.82) is 0 Å². The lowest BCUT2D eigenvalue weighted by atomic mass is 10.1. The van der Waals surface area contributed by atoms with E-state index in [1.807, 2.05) is 23.9 Å². The largest absolute Gasteiger partial charge is 0.369 e. The molecule has 2 nitrogen and oxygen atoms in total.